The Hall–Kier alpha value is 0.330. The summed E-state index contributed by atoms with van der Waals surface area (Å²) in [5, 5.41) is 0. The minimum atomic E-state index is 0.344. The van der Waals surface area contributed by atoms with Gasteiger partial charge in [0.25, 0.3) is 0 Å². The van der Waals surface area contributed by atoms with Gasteiger partial charge in [-0.3, -0.25) is 4.79 Å². The Morgan fingerprint density at radius 1 is 1.33 bits per heavy atom. The fourth-order valence-electron chi connectivity index (χ4n) is 2.90. The normalized spacial score (nSPS) is 32.8. The quantitative estimate of drug-likeness (QED) is 0.718. The Morgan fingerprint density at radius 2 is 2.00 bits per heavy atom. The molecule has 1 heterocycles. The first-order chi connectivity index (χ1) is 7.18. The standard InChI is InChI=1S/C11H10Br2OS/c12-8-4-7(11(13)15-8)10(14)9-5-2-1-3-6(5)9/h4-6,9H,1-3H2. The molecule has 1 nitrogen and oxygen atoms in total. The SMILES string of the molecule is O=C(c1cc(Br)sc1Br)C1C2CCCC21. The van der Waals surface area contributed by atoms with E-state index in [9.17, 15) is 4.79 Å². The van der Waals surface area contributed by atoms with E-state index >= 15 is 0 Å². The van der Waals surface area contributed by atoms with Gasteiger partial charge in [0, 0.05) is 11.5 Å². The van der Waals surface area contributed by atoms with Gasteiger partial charge in [0.05, 0.1) is 7.57 Å². The van der Waals surface area contributed by atoms with E-state index in [1.165, 1.54) is 19.3 Å². The monoisotopic (exact) mass is 348 g/mol. The Bertz CT molecular complexity index is 416. The molecule has 0 N–H and O–H groups in total. The number of Topliss-reactive ketones (excluding diaryl/α,β-unsaturated/α-hetero) is 1. The highest BCUT2D eigenvalue weighted by Crippen LogP contribution is 2.59. The molecule has 0 spiro atoms. The Morgan fingerprint density at radius 3 is 2.53 bits per heavy atom. The van der Waals surface area contributed by atoms with Crippen LogP contribution < -0.4 is 0 Å². The number of ketones is 1. The van der Waals surface area contributed by atoms with Crippen molar-refractivity contribution in [2.45, 2.75) is 19.3 Å². The van der Waals surface area contributed by atoms with Crippen molar-refractivity contribution in [2.24, 2.45) is 17.8 Å². The number of hydrogen-bond acceptors (Lipinski definition) is 2. The third-order valence-corrected chi connectivity index (χ3v) is 5.97. The Balaban J connectivity index is 1.84. The summed E-state index contributed by atoms with van der Waals surface area (Å²) in [6, 6.07) is 1.95. The van der Waals surface area contributed by atoms with Crippen LogP contribution >= 0.6 is 43.2 Å². The van der Waals surface area contributed by atoms with Gasteiger partial charge in [-0.25, -0.2) is 0 Å². The molecule has 80 valence electrons. The van der Waals surface area contributed by atoms with Gasteiger partial charge in [0.2, 0.25) is 0 Å². The number of rotatable bonds is 2. The predicted molar refractivity (Wildman–Crippen MR) is 68.4 cm³/mol. The van der Waals surface area contributed by atoms with Gasteiger partial charge in [-0.05, 0) is 62.6 Å². The van der Waals surface area contributed by atoms with Crippen LogP contribution in [0.25, 0.3) is 0 Å². The molecule has 2 saturated carbocycles. The largest absolute Gasteiger partial charge is 0.294 e. The molecular formula is C11H10Br2OS. The van der Waals surface area contributed by atoms with Crippen LogP contribution in [-0.2, 0) is 0 Å². The lowest BCUT2D eigenvalue weighted by Gasteiger charge is -2.00. The number of thiophene rings is 1. The topological polar surface area (TPSA) is 17.1 Å². The molecule has 0 amide bonds. The highest BCUT2D eigenvalue weighted by Gasteiger charge is 2.56. The molecule has 0 bridgehead atoms. The highest BCUT2D eigenvalue weighted by atomic mass is 79.9. The van der Waals surface area contributed by atoms with Gasteiger partial charge in [-0.1, -0.05) is 6.42 Å². The summed E-state index contributed by atoms with van der Waals surface area (Å²) in [5.74, 6) is 2.13. The van der Waals surface area contributed by atoms with E-state index in [1.807, 2.05) is 6.07 Å². The van der Waals surface area contributed by atoms with Crippen molar-refractivity contribution in [1.82, 2.24) is 0 Å². The summed E-state index contributed by atoms with van der Waals surface area (Å²) in [6.45, 7) is 0. The second kappa shape index (κ2) is 3.67. The highest BCUT2D eigenvalue weighted by molar-refractivity contribution is 9.12. The lowest BCUT2D eigenvalue weighted by Crippen LogP contribution is -2.05. The summed E-state index contributed by atoms with van der Waals surface area (Å²) in [7, 11) is 0. The van der Waals surface area contributed by atoms with Crippen LogP contribution in [0.4, 0.5) is 0 Å². The average molecular weight is 350 g/mol. The van der Waals surface area contributed by atoms with Crippen LogP contribution in [0, 0.1) is 17.8 Å². The zero-order valence-electron chi connectivity index (χ0n) is 8.00. The molecule has 2 atom stereocenters. The third-order valence-electron chi connectivity index (χ3n) is 3.63. The summed E-state index contributed by atoms with van der Waals surface area (Å²) < 4.78 is 2.01. The minimum Gasteiger partial charge on any atom is -0.294 e. The minimum absolute atomic E-state index is 0.344. The van der Waals surface area contributed by atoms with Crippen molar-refractivity contribution in [3.63, 3.8) is 0 Å². The van der Waals surface area contributed by atoms with E-state index in [0.29, 0.717) is 23.5 Å². The van der Waals surface area contributed by atoms with Crippen LogP contribution in [0.3, 0.4) is 0 Å². The van der Waals surface area contributed by atoms with Crippen molar-refractivity contribution >= 4 is 49.0 Å². The van der Waals surface area contributed by atoms with Gasteiger partial charge < -0.3 is 0 Å². The van der Waals surface area contributed by atoms with Gasteiger partial charge in [0.1, 0.15) is 0 Å². The lowest BCUT2D eigenvalue weighted by atomic mass is 10.0. The maximum atomic E-state index is 12.2. The van der Waals surface area contributed by atoms with Gasteiger partial charge >= 0.3 is 0 Å². The third kappa shape index (κ3) is 1.65. The van der Waals surface area contributed by atoms with Crippen molar-refractivity contribution in [1.29, 1.82) is 0 Å². The number of hydrogen-bond donors (Lipinski definition) is 0. The van der Waals surface area contributed by atoms with Crippen LogP contribution in [0.15, 0.2) is 13.6 Å². The van der Waals surface area contributed by atoms with E-state index < -0.39 is 0 Å². The fourth-order valence-corrected chi connectivity index (χ4v) is 5.71. The molecular weight excluding hydrogens is 340 g/mol. The van der Waals surface area contributed by atoms with E-state index in [4.69, 9.17) is 0 Å². The van der Waals surface area contributed by atoms with Crippen LogP contribution in [0.5, 0.6) is 0 Å². The summed E-state index contributed by atoms with van der Waals surface area (Å²) in [4.78, 5) is 12.2. The first kappa shape index (κ1) is 10.5. The second-order valence-corrected chi connectivity index (χ2v) is 8.14. The number of fused-ring (bicyclic) bond motifs is 1. The number of halogens is 2. The summed E-state index contributed by atoms with van der Waals surface area (Å²) >= 11 is 8.46. The number of carbonyl (C=O) groups excluding carboxylic acids is 1. The zero-order chi connectivity index (χ0) is 10.6. The van der Waals surface area contributed by atoms with E-state index in [0.717, 1.165) is 13.1 Å². The molecule has 2 aliphatic carbocycles. The lowest BCUT2D eigenvalue weighted by molar-refractivity contribution is 0.0951. The second-order valence-electron chi connectivity index (χ2n) is 4.39. The predicted octanol–water partition coefficient (Wildman–Crippen LogP) is 4.50. The number of carbonyl (C=O) groups is 1. The molecule has 1 aromatic heterocycles. The van der Waals surface area contributed by atoms with Crippen LogP contribution in [0.1, 0.15) is 29.6 Å². The van der Waals surface area contributed by atoms with Gasteiger partial charge in [0.15, 0.2) is 5.78 Å². The molecule has 0 aromatic carbocycles. The van der Waals surface area contributed by atoms with E-state index in [-0.39, 0.29) is 0 Å². The molecule has 0 radical (unpaired) electrons. The molecule has 2 unspecified atom stereocenters. The fraction of sp³-hybridized carbons (Fsp3) is 0.545. The van der Waals surface area contributed by atoms with Crippen LogP contribution in [0.2, 0.25) is 0 Å². The first-order valence-electron chi connectivity index (χ1n) is 5.17. The molecule has 0 saturated heterocycles. The van der Waals surface area contributed by atoms with Gasteiger partial charge in [-0.15, -0.1) is 11.3 Å². The van der Waals surface area contributed by atoms with Crippen molar-refractivity contribution < 1.29 is 4.79 Å². The summed E-state index contributed by atoms with van der Waals surface area (Å²) in [5.41, 5.74) is 0.881. The molecule has 4 heteroatoms. The molecule has 2 aliphatic rings. The molecule has 2 fully saturated rings. The van der Waals surface area contributed by atoms with Crippen molar-refractivity contribution in [3.05, 3.63) is 19.2 Å². The van der Waals surface area contributed by atoms with E-state index in [1.54, 1.807) is 11.3 Å². The Labute approximate surface area is 110 Å². The van der Waals surface area contributed by atoms with Crippen molar-refractivity contribution in [2.75, 3.05) is 0 Å². The maximum Gasteiger partial charge on any atom is 0.168 e. The smallest absolute Gasteiger partial charge is 0.168 e. The Kier molecular flexibility index (Phi) is 2.57. The first-order valence-corrected chi connectivity index (χ1v) is 7.58. The molecule has 15 heavy (non-hydrogen) atoms. The van der Waals surface area contributed by atoms with Gasteiger partial charge in [-0.2, -0.15) is 0 Å². The van der Waals surface area contributed by atoms with E-state index in [2.05, 4.69) is 31.9 Å². The average Bonchev–Trinajstić information content (AvgIpc) is 2.58. The molecule has 1 aromatic rings. The molecule has 0 aliphatic heterocycles. The van der Waals surface area contributed by atoms with Crippen LogP contribution in [-0.4, -0.2) is 5.78 Å². The zero-order valence-corrected chi connectivity index (χ0v) is 12.0. The summed E-state index contributed by atoms with van der Waals surface area (Å²) in [6.07, 6.45) is 3.86. The maximum absolute atomic E-state index is 12.2. The van der Waals surface area contributed by atoms with Crippen molar-refractivity contribution in [3.8, 4) is 0 Å². The molecule has 3 rings (SSSR count).